The van der Waals surface area contributed by atoms with E-state index in [0.29, 0.717) is 5.82 Å². The maximum atomic E-state index is 12.1. The van der Waals surface area contributed by atoms with Gasteiger partial charge in [-0.3, -0.25) is 9.59 Å². The van der Waals surface area contributed by atoms with Gasteiger partial charge in [-0.15, -0.1) is 0 Å². The van der Waals surface area contributed by atoms with Crippen LogP contribution >= 0.6 is 0 Å². The number of esters is 1. The van der Waals surface area contributed by atoms with Crippen LogP contribution < -0.4 is 5.32 Å². The van der Waals surface area contributed by atoms with Gasteiger partial charge in [-0.1, -0.05) is 30.3 Å². The van der Waals surface area contributed by atoms with Gasteiger partial charge >= 0.3 is 5.97 Å². The number of aryl methyl sites for hydroxylation is 1. The minimum absolute atomic E-state index is 0.0886. The Kier molecular flexibility index (Phi) is 5.38. The van der Waals surface area contributed by atoms with Crippen LogP contribution in [0.4, 0.5) is 0 Å². The number of ether oxygens (including phenoxy) is 1. The summed E-state index contributed by atoms with van der Waals surface area (Å²) in [6, 6.07) is 9.75. The first-order valence-corrected chi connectivity index (χ1v) is 8.45. The van der Waals surface area contributed by atoms with Crippen LogP contribution in [0.5, 0.6) is 0 Å². The lowest BCUT2D eigenvalue weighted by atomic mass is 9.92. The Morgan fingerprint density at radius 3 is 2.80 bits per heavy atom. The number of hydrogen-bond acceptors (Lipinski definition) is 5. The molecule has 0 saturated heterocycles. The first kappa shape index (κ1) is 17.1. The Morgan fingerprint density at radius 1 is 1.24 bits per heavy atom. The van der Waals surface area contributed by atoms with E-state index in [0.717, 1.165) is 36.1 Å². The van der Waals surface area contributed by atoms with Crippen molar-refractivity contribution in [1.29, 1.82) is 0 Å². The monoisotopic (exact) mass is 339 g/mol. The smallest absolute Gasteiger partial charge is 0.306 e. The molecule has 1 heterocycles. The highest BCUT2D eigenvalue weighted by Crippen LogP contribution is 2.29. The van der Waals surface area contributed by atoms with Crippen molar-refractivity contribution in [1.82, 2.24) is 15.3 Å². The zero-order chi connectivity index (χ0) is 17.6. The fourth-order valence-electron chi connectivity index (χ4n) is 3.01. The van der Waals surface area contributed by atoms with Gasteiger partial charge in [-0.25, -0.2) is 9.97 Å². The van der Waals surface area contributed by atoms with Crippen LogP contribution in [0.25, 0.3) is 11.4 Å². The number of aromatic nitrogens is 2. The van der Waals surface area contributed by atoms with E-state index in [2.05, 4.69) is 15.0 Å². The fourth-order valence-corrected chi connectivity index (χ4v) is 3.01. The molecule has 0 aliphatic heterocycles. The van der Waals surface area contributed by atoms with E-state index in [1.165, 1.54) is 7.11 Å². The molecule has 1 aliphatic rings. The van der Waals surface area contributed by atoms with Crippen molar-refractivity contribution in [2.75, 3.05) is 7.11 Å². The molecule has 0 spiro atoms. The highest BCUT2D eigenvalue weighted by Gasteiger charge is 2.24. The lowest BCUT2D eigenvalue weighted by molar-refractivity contribution is -0.142. The molecule has 2 aromatic rings. The molecule has 1 aromatic heterocycles. The molecule has 130 valence electrons. The number of carbonyl (C=O) groups is 2. The summed E-state index contributed by atoms with van der Waals surface area (Å²) in [6.45, 7) is 0. The van der Waals surface area contributed by atoms with Gasteiger partial charge in [-0.05, 0) is 19.3 Å². The van der Waals surface area contributed by atoms with Crippen LogP contribution in [0.3, 0.4) is 0 Å². The van der Waals surface area contributed by atoms with Gasteiger partial charge in [0, 0.05) is 29.4 Å². The summed E-state index contributed by atoms with van der Waals surface area (Å²) in [6.07, 6.45) is 4.72. The normalized spacial score (nSPS) is 16.0. The Morgan fingerprint density at radius 2 is 2.04 bits per heavy atom. The highest BCUT2D eigenvalue weighted by atomic mass is 16.5. The molecular formula is C19H21N3O3. The Labute approximate surface area is 146 Å². The number of carbonyl (C=O) groups excluding carboxylic acids is 2. The molecule has 6 heteroatoms. The number of rotatable bonds is 5. The third kappa shape index (κ3) is 4.21. The maximum absolute atomic E-state index is 12.1. The Hall–Kier alpha value is -2.76. The number of hydrogen-bond donors (Lipinski definition) is 1. The van der Waals surface area contributed by atoms with Gasteiger partial charge < -0.3 is 10.1 Å². The van der Waals surface area contributed by atoms with E-state index < -0.39 is 0 Å². The first-order chi connectivity index (χ1) is 12.2. The van der Waals surface area contributed by atoms with Crippen LogP contribution in [0.2, 0.25) is 0 Å². The molecule has 0 fully saturated rings. The van der Waals surface area contributed by atoms with Crippen LogP contribution in [0.15, 0.2) is 36.5 Å². The number of fused-ring (bicyclic) bond motifs is 1. The SMILES string of the molecule is COC(=O)CCC(=O)N[C@@H]1CCCc2nc(-c3ccccc3)ncc21. The predicted octanol–water partition coefficient (Wildman–Crippen LogP) is 2.59. The summed E-state index contributed by atoms with van der Waals surface area (Å²) >= 11 is 0. The fraction of sp³-hybridized carbons (Fsp3) is 0.368. The molecule has 1 aliphatic carbocycles. The molecule has 0 saturated carbocycles. The van der Waals surface area contributed by atoms with E-state index in [9.17, 15) is 9.59 Å². The van der Waals surface area contributed by atoms with Crippen LogP contribution in [-0.4, -0.2) is 29.0 Å². The maximum Gasteiger partial charge on any atom is 0.306 e. The lowest BCUT2D eigenvalue weighted by Crippen LogP contribution is -2.31. The minimum Gasteiger partial charge on any atom is -0.469 e. The summed E-state index contributed by atoms with van der Waals surface area (Å²) in [4.78, 5) is 32.4. The molecule has 25 heavy (non-hydrogen) atoms. The summed E-state index contributed by atoms with van der Waals surface area (Å²) in [7, 11) is 1.32. The standard InChI is InChI=1S/C19H21N3O3/c1-25-18(24)11-10-17(23)21-15-8-5-9-16-14(15)12-20-19(22-16)13-6-3-2-4-7-13/h2-4,6-7,12,15H,5,8-11H2,1H3,(H,21,23)/t15-/m1/s1. The lowest BCUT2D eigenvalue weighted by Gasteiger charge is -2.25. The Balaban J connectivity index is 1.72. The molecule has 3 rings (SSSR count). The van der Waals surface area contributed by atoms with Crippen molar-refractivity contribution in [2.24, 2.45) is 0 Å². The predicted molar refractivity (Wildman–Crippen MR) is 92.5 cm³/mol. The van der Waals surface area contributed by atoms with E-state index >= 15 is 0 Å². The quantitative estimate of drug-likeness (QED) is 0.847. The molecule has 1 N–H and O–H groups in total. The second-order valence-electron chi connectivity index (χ2n) is 6.05. The third-order valence-corrected chi connectivity index (χ3v) is 4.33. The average molecular weight is 339 g/mol. The van der Waals surface area contributed by atoms with Crippen molar-refractivity contribution < 1.29 is 14.3 Å². The third-order valence-electron chi connectivity index (χ3n) is 4.33. The van der Waals surface area contributed by atoms with Crippen molar-refractivity contribution >= 4 is 11.9 Å². The van der Waals surface area contributed by atoms with Gasteiger partial charge in [0.15, 0.2) is 5.82 Å². The minimum atomic E-state index is -0.380. The van der Waals surface area contributed by atoms with Crippen molar-refractivity contribution in [3.63, 3.8) is 0 Å². The number of amides is 1. The van der Waals surface area contributed by atoms with Crippen LogP contribution in [0, 0.1) is 0 Å². The second-order valence-corrected chi connectivity index (χ2v) is 6.05. The van der Waals surface area contributed by atoms with E-state index in [4.69, 9.17) is 4.98 Å². The van der Waals surface area contributed by atoms with Crippen molar-refractivity contribution in [3.8, 4) is 11.4 Å². The summed E-state index contributed by atoms with van der Waals surface area (Å²) in [5.41, 5.74) is 2.94. The highest BCUT2D eigenvalue weighted by molar-refractivity contribution is 5.81. The summed E-state index contributed by atoms with van der Waals surface area (Å²) in [5, 5.41) is 2.99. The zero-order valence-electron chi connectivity index (χ0n) is 14.2. The molecule has 1 amide bonds. The Bertz CT molecular complexity index is 762. The van der Waals surface area contributed by atoms with Crippen molar-refractivity contribution in [2.45, 2.75) is 38.1 Å². The van der Waals surface area contributed by atoms with Gasteiger partial charge in [0.2, 0.25) is 5.91 Å². The largest absolute Gasteiger partial charge is 0.469 e. The molecule has 0 radical (unpaired) electrons. The van der Waals surface area contributed by atoms with E-state index in [1.807, 2.05) is 36.5 Å². The van der Waals surface area contributed by atoms with Crippen LogP contribution in [-0.2, 0) is 20.7 Å². The number of nitrogens with zero attached hydrogens (tertiary/aromatic N) is 2. The summed E-state index contributed by atoms with van der Waals surface area (Å²) in [5.74, 6) is 0.169. The van der Waals surface area contributed by atoms with Crippen molar-refractivity contribution in [3.05, 3.63) is 47.8 Å². The molecule has 1 aromatic carbocycles. The number of methoxy groups -OCH3 is 1. The molecule has 0 bridgehead atoms. The van der Waals surface area contributed by atoms with Gasteiger partial charge in [0.25, 0.3) is 0 Å². The average Bonchev–Trinajstić information content (AvgIpc) is 2.66. The first-order valence-electron chi connectivity index (χ1n) is 8.45. The molecule has 1 atom stereocenters. The second kappa shape index (κ2) is 7.88. The van der Waals surface area contributed by atoms with Gasteiger partial charge in [0.05, 0.1) is 19.6 Å². The molecule has 0 unspecified atom stereocenters. The van der Waals surface area contributed by atoms with E-state index in [-0.39, 0.29) is 30.8 Å². The van der Waals surface area contributed by atoms with Gasteiger partial charge in [-0.2, -0.15) is 0 Å². The molecule has 6 nitrogen and oxygen atoms in total. The van der Waals surface area contributed by atoms with Crippen LogP contribution in [0.1, 0.15) is 43.0 Å². The molecular weight excluding hydrogens is 318 g/mol. The van der Waals surface area contributed by atoms with E-state index in [1.54, 1.807) is 0 Å². The summed E-state index contributed by atoms with van der Waals surface area (Å²) < 4.78 is 4.56. The van der Waals surface area contributed by atoms with Gasteiger partial charge in [0.1, 0.15) is 0 Å². The number of nitrogens with one attached hydrogen (secondary N) is 1. The topological polar surface area (TPSA) is 81.2 Å². The number of benzene rings is 1. The zero-order valence-corrected chi connectivity index (χ0v) is 14.2.